The third-order valence-electron chi connectivity index (χ3n) is 2.39. The summed E-state index contributed by atoms with van der Waals surface area (Å²) < 4.78 is 0. The lowest BCUT2D eigenvalue weighted by Crippen LogP contribution is -2.06. The van der Waals surface area contributed by atoms with Gasteiger partial charge in [-0.15, -0.1) is 0 Å². The largest absolute Gasteiger partial charge is 0.324 e. The van der Waals surface area contributed by atoms with Gasteiger partial charge in [0.1, 0.15) is 0 Å². The second-order valence-electron chi connectivity index (χ2n) is 3.62. The number of rotatable bonds is 1. The fourth-order valence-electron chi connectivity index (χ4n) is 1.70. The standard InChI is InChI=1S/C10H13N3O/c1-5-3-8-9(13-10(14)12-8)4-7(5)6(2)11/h3-4,6H,11H2,1-2H3,(H2,12,13,14). The normalized spacial score (nSPS) is 13.4. The van der Waals surface area contributed by atoms with Crippen LogP contribution in [0.3, 0.4) is 0 Å². The number of aromatic nitrogens is 2. The highest BCUT2D eigenvalue weighted by Crippen LogP contribution is 2.19. The molecule has 1 aromatic heterocycles. The van der Waals surface area contributed by atoms with E-state index in [2.05, 4.69) is 9.97 Å². The van der Waals surface area contributed by atoms with E-state index in [-0.39, 0.29) is 11.7 Å². The molecule has 1 heterocycles. The topological polar surface area (TPSA) is 74.7 Å². The Morgan fingerprint density at radius 2 is 1.86 bits per heavy atom. The Morgan fingerprint density at radius 1 is 1.29 bits per heavy atom. The first kappa shape index (κ1) is 9.02. The minimum absolute atomic E-state index is 0.0159. The molecule has 1 aromatic carbocycles. The summed E-state index contributed by atoms with van der Waals surface area (Å²) >= 11 is 0. The summed E-state index contributed by atoms with van der Waals surface area (Å²) in [6, 6.07) is 3.84. The number of nitrogens with two attached hydrogens (primary N) is 1. The van der Waals surface area contributed by atoms with Crippen molar-refractivity contribution in [2.24, 2.45) is 5.73 Å². The third kappa shape index (κ3) is 1.33. The van der Waals surface area contributed by atoms with Crippen molar-refractivity contribution in [2.45, 2.75) is 19.9 Å². The van der Waals surface area contributed by atoms with Crippen LogP contribution >= 0.6 is 0 Å². The molecule has 4 nitrogen and oxygen atoms in total. The summed E-state index contributed by atoms with van der Waals surface area (Å²) in [7, 11) is 0. The second kappa shape index (κ2) is 2.99. The highest BCUT2D eigenvalue weighted by molar-refractivity contribution is 5.76. The molecule has 4 N–H and O–H groups in total. The number of aromatic amines is 2. The van der Waals surface area contributed by atoms with Crippen LogP contribution in [0.25, 0.3) is 11.0 Å². The molecule has 0 aliphatic heterocycles. The number of benzene rings is 1. The van der Waals surface area contributed by atoms with E-state index < -0.39 is 0 Å². The predicted molar refractivity (Wildman–Crippen MR) is 56.3 cm³/mol. The minimum atomic E-state index is -0.179. The van der Waals surface area contributed by atoms with Gasteiger partial charge in [0.15, 0.2) is 0 Å². The van der Waals surface area contributed by atoms with Crippen LogP contribution in [0.15, 0.2) is 16.9 Å². The lowest BCUT2D eigenvalue weighted by atomic mass is 10.0. The molecule has 0 saturated carbocycles. The molecule has 0 aliphatic carbocycles. The highest BCUT2D eigenvalue weighted by Gasteiger charge is 2.06. The van der Waals surface area contributed by atoms with E-state index in [0.717, 1.165) is 22.2 Å². The van der Waals surface area contributed by atoms with Gasteiger partial charge in [-0.2, -0.15) is 0 Å². The van der Waals surface area contributed by atoms with Gasteiger partial charge in [-0.1, -0.05) is 0 Å². The van der Waals surface area contributed by atoms with Crippen molar-refractivity contribution in [1.82, 2.24) is 9.97 Å². The van der Waals surface area contributed by atoms with E-state index in [0.29, 0.717) is 0 Å². The van der Waals surface area contributed by atoms with Crippen molar-refractivity contribution < 1.29 is 0 Å². The molecule has 74 valence electrons. The number of imidazole rings is 1. The average Bonchev–Trinajstić information content (AvgIpc) is 2.42. The summed E-state index contributed by atoms with van der Waals surface area (Å²) in [6.45, 7) is 3.92. The number of fused-ring (bicyclic) bond motifs is 1. The Hall–Kier alpha value is -1.55. The van der Waals surface area contributed by atoms with Crippen LogP contribution in [-0.4, -0.2) is 9.97 Å². The zero-order valence-electron chi connectivity index (χ0n) is 8.22. The lowest BCUT2D eigenvalue weighted by molar-refractivity contribution is 0.811. The van der Waals surface area contributed by atoms with Crippen LogP contribution in [0.5, 0.6) is 0 Å². The molecule has 2 rings (SSSR count). The summed E-state index contributed by atoms with van der Waals surface area (Å²) in [6.07, 6.45) is 0. The van der Waals surface area contributed by atoms with Crippen molar-refractivity contribution >= 4 is 11.0 Å². The van der Waals surface area contributed by atoms with Gasteiger partial charge in [0.25, 0.3) is 0 Å². The first-order valence-corrected chi connectivity index (χ1v) is 4.56. The van der Waals surface area contributed by atoms with Crippen LogP contribution in [0.4, 0.5) is 0 Å². The van der Waals surface area contributed by atoms with Gasteiger partial charge in [-0.3, -0.25) is 0 Å². The van der Waals surface area contributed by atoms with Crippen LogP contribution < -0.4 is 11.4 Å². The van der Waals surface area contributed by atoms with Gasteiger partial charge in [0, 0.05) is 6.04 Å². The van der Waals surface area contributed by atoms with Crippen molar-refractivity contribution in [1.29, 1.82) is 0 Å². The van der Waals surface area contributed by atoms with Gasteiger partial charge in [0.05, 0.1) is 11.0 Å². The fraction of sp³-hybridized carbons (Fsp3) is 0.300. The van der Waals surface area contributed by atoms with Crippen LogP contribution in [-0.2, 0) is 0 Å². The van der Waals surface area contributed by atoms with E-state index in [1.54, 1.807) is 0 Å². The maximum absolute atomic E-state index is 11.0. The molecule has 0 amide bonds. The average molecular weight is 191 g/mol. The van der Waals surface area contributed by atoms with Crippen molar-refractivity contribution in [3.8, 4) is 0 Å². The molecule has 1 atom stereocenters. The van der Waals surface area contributed by atoms with Gasteiger partial charge in [-0.25, -0.2) is 4.79 Å². The number of nitrogens with one attached hydrogen (secondary N) is 2. The molecule has 0 bridgehead atoms. The lowest BCUT2D eigenvalue weighted by Gasteiger charge is -2.09. The van der Waals surface area contributed by atoms with E-state index in [9.17, 15) is 4.79 Å². The van der Waals surface area contributed by atoms with Crippen molar-refractivity contribution in [2.75, 3.05) is 0 Å². The van der Waals surface area contributed by atoms with Gasteiger partial charge < -0.3 is 15.7 Å². The summed E-state index contributed by atoms with van der Waals surface area (Å²) in [5.41, 5.74) is 9.44. The second-order valence-corrected chi connectivity index (χ2v) is 3.62. The number of aryl methyl sites for hydroxylation is 1. The smallest absolute Gasteiger partial charge is 0.323 e. The minimum Gasteiger partial charge on any atom is -0.324 e. The predicted octanol–water partition coefficient (Wildman–Crippen LogP) is 1.18. The van der Waals surface area contributed by atoms with Crippen LogP contribution in [0.1, 0.15) is 24.1 Å². The Bertz CT molecular complexity index is 522. The zero-order chi connectivity index (χ0) is 10.3. The third-order valence-corrected chi connectivity index (χ3v) is 2.39. The van der Waals surface area contributed by atoms with E-state index in [4.69, 9.17) is 5.73 Å². The first-order chi connectivity index (χ1) is 6.58. The maximum Gasteiger partial charge on any atom is 0.323 e. The van der Waals surface area contributed by atoms with Gasteiger partial charge in [-0.05, 0) is 37.1 Å². The van der Waals surface area contributed by atoms with Crippen molar-refractivity contribution in [3.05, 3.63) is 33.7 Å². The summed E-state index contributed by atoms with van der Waals surface area (Å²) in [5.74, 6) is 0. The molecule has 0 spiro atoms. The van der Waals surface area contributed by atoms with Gasteiger partial charge >= 0.3 is 5.69 Å². The van der Waals surface area contributed by atoms with E-state index in [1.165, 1.54) is 0 Å². The Labute approximate surface area is 81.1 Å². The van der Waals surface area contributed by atoms with Crippen molar-refractivity contribution in [3.63, 3.8) is 0 Å². The first-order valence-electron chi connectivity index (χ1n) is 4.56. The molecule has 2 aromatic rings. The fourth-order valence-corrected chi connectivity index (χ4v) is 1.70. The van der Waals surface area contributed by atoms with E-state index >= 15 is 0 Å². The molecule has 4 heteroatoms. The Balaban J connectivity index is 2.76. The quantitative estimate of drug-likeness (QED) is 0.633. The number of H-pyrrole nitrogens is 2. The van der Waals surface area contributed by atoms with Gasteiger partial charge in [0.2, 0.25) is 0 Å². The molecule has 14 heavy (non-hydrogen) atoms. The Morgan fingerprint density at radius 3 is 2.43 bits per heavy atom. The van der Waals surface area contributed by atoms with Crippen LogP contribution in [0.2, 0.25) is 0 Å². The molecular weight excluding hydrogens is 178 g/mol. The highest BCUT2D eigenvalue weighted by atomic mass is 16.1. The van der Waals surface area contributed by atoms with E-state index in [1.807, 2.05) is 26.0 Å². The number of hydrogen-bond acceptors (Lipinski definition) is 2. The monoisotopic (exact) mass is 191 g/mol. The zero-order valence-corrected chi connectivity index (χ0v) is 8.22. The summed E-state index contributed by atoms with van der Waals surface area (Å²) in [5, 5.41) is 0. The molecule has 0 radical (unpaired) electrons. The maximum atomic E-state index is 11.0. The molecule has 0 fully saturated rings. The summed E-state index contributed by atoms with van der Waals surface area (Å²) in [4.78, 5) is 16.5. The van der Waals surface area contributed by atoms with Crippen LogP contribution in [0, 0.1) is 6.92 Å². The molecule has 0 aliphatic rings. The Kier molecular flexibility index (Phi) is 1.93. The molecular formula is C10H13N3O. The molecule has 1 unspecified atom stereocenters. The SMILES string of the molecule is Cc1cc2[nH]c(=O)[nH]c2cc1C(C)N. The molecule has 0 saturated heterocycles. The number of hydrogen-bond donors (Lipinski definition) is 3.